The molecule has 1 aromatic carbocycles. The quantitative estimate of drug-likeness (QED) is 0.654. The van der Waals surface area contributed by atoms with Crippen molar-refractivity contribution in [2.75, 3.05) is 12.0 Å². The summed E-state index contributed by atoms with van der Waals surface area (Å²) in [7, 11) is 0. The number of amides is 1. The molecule has 1 aromatic heterocycles. The number of fused-ring (bicyclic) bond motifs is 1. The van der Waals surface area contributed by atoms with Crippen molar-refractivity contribution in [3.63, 3.8) is 0 Å². The van der Waals surface area contributed by atoms with Crippen LogP contribution in [0.2, 0.25) is 0 Å². The molecule has 1 aliphatic rings. The second-order valence-electron chi connectivity index (χ2n) is 5.45. The van der Waals surface area contributed by atoms with Crippen LogP contribution in [0.3, 0.4) is 0 Å². The molecular weight excluding hydrogens is 264 g/mol. The van der Waals surface area contributed by atoms with Crippen molar-refractivity contribution in [3.8, 4) is 0 Å². The van der Waals surface area contributed by atoms with Gasteiger partial charge in [-0.15, -0.1) is 0 Å². The highest BCUT2D eigenvalue weighted by Crippen LogP contribution is 2.30. The zero-order chi connectivity index (χ0) is 14.8. The molecule has 0 saturated heterocycles. The van der Waals surface area contributed by atoms with Gasteiger partial charge in [0.1, 0.15) is 5.82 Å². The summed E-state index contributed by atoms with van der Waals surface area (Å²) in [6.07, 6.45) is 3.18. The van der Waals surface area contributed by atoms with E-state index in [9.17, 15) is 4.79 Å². The molecule has 0 bridgehead atoms. The molecule has 21 heavy (non-hydrogen) atoms. The minimum Gasteiger partial charge on any atom is -0.336 e. The van der Waals surface area contributed by atoms with E-state index in [0.29, 0.717) is 17.4 Å². The lowest BCUT2D eigenvalue weighted by molar-refractivity contribution is 0.0745. The van der Waals surface area contributed by atoms with Crippen molar-refractivity contribution in [2.45, 2.75) is 32.2 Å². The number of hydrogen-bond donors (Lipinski definition) is 2. The Bertz CT molecular complexity index is 666. The Hall–Kier alpha value is -2.14. The number of benzene rings is 1. The Morgan fingerprint density at radius 3 is 2.86 bits per heavy atom. The fourth-order valence-electron chi connectivity index (χ4n) is 2.66. The van der Waals surface area contributed by atoms with E-state index in [0.717, 1.165) is 36.7 Å². The monoisotopic (exact) mass is 284 g/mol. The van der Waals surface area contributed by atoms with Gasteiger partial charge in [0.15, 0.2) is 0 Å². The van der Waals surface area contributed by atoms with E-state index in [-0.39, 0.29) is 5.91 Å². The third-order valence-corrected chi connectivity index (χ3v) is 3.81. The first kappa shape index (κ1) is 13.8. The average Bonchev–Trinajstić information content (AvgIpc) is 3.35. The molecule has 2 aromatic rings. The highest BCUT2D eigenvalue weighted by molar-refractivity contribution is 6.07. The van der Waals surface area contributed by atoms with Gasteiger partial charge in [-0.05, 0) is 31.4 Å². The van der Waals surface area contributed by atoms with Crippen molar-refractivity contribution in [2.24, 2.45) is 5.84 Å². The van der Waals surface area contributed by atoms with E-state index < -0.39 is 0 Å². The highest BCUT2D eigenvalue weighted by atomic mass is 16.2. The first-order chi connectivity index (χ1) is 10.2. The van der Waals surface area contributed by atoms with Gasteiger partial charge in [0.25, 0.3) is 5.91 Å². The lowest BCUT2D eigenvalue weighted by atomic mass is 10.1. The van der Waals surface area contributed by atoms with E-state index in [1.165, 1.54) is 0 Å². The van der Waals surface area contributed by atoms with Gasteiger partial charge in [0, 0.05) is 18.0 Å². The first-order valence-corrected chi connectivity index (χ1v) is 7.42. The van der Waals surface area contributed by atoms with Crippen LogP contribution in [-0.4, -0.2) is 28.4 Å². The van der Waals surface area contributed by atoms with E-state index >= 15 is 0 Å². The highest BCUT2D eigenvalue weighted by Gasteiger charge is 2.33. The zero-order valence-electron chi connectivity index (χ0n) is 12.2. The van der Waals surface area contributed by atoms with Gasteiger partial charge in [0.05, 0.1) is 11.1 Å². The standard InChI is InChI=1S/C16H20N4O/c1-2-9-20(11-7-8-11)16(21)13-10-15(19-17)18-14-6-4-3-5-12(13)14/h3-6,10-11H,2,7-9,17H2,1H3,(H,18,19). The molecule has 110 valence electrons. The van der Waals surface area contributed by atoms with E-state index in [1.54, 1.807) is 6.07 Å². The number of nitrogens with two attached hydrogens (primary N) is 1. The third-order valence-electron chi connectivity index (χ3n) is 3.81. The summed E-state index contributed by atoms with van der Waals surface area (Å²) < 4.78 is 0. The number of carbonyl (C=O) groups is 1. The maximum absolute atomic E-state index is 12.9. The van der Waals surface area contributed by atoms with Crippen LogP contribution in [0.1, 0.15) is 36.5 Å². The molecule has 1 amide bonds. The SMILES string of the molecule is CCCN(C(=O)c1cc(NN)nc2ccccc12)C1CC1. The molecule has 1 saturated carbocycles. The van der Waals surface area contributed by atoms with Gasteiger partial charge in [-0.3, -0.25) is 4.79 Å². The van der Waals surface area contributed by atoms with E-state index in [4.69, 9.17) is 5.84 Å². The Morgan fingerprint density at radius 1 is 1.43 bits per heavy atom. The molecular formula is C16H20N4O. The molecule has 0 atom stereocenters. The van der Waals surface area contributed by atoms with Gasteiger partial charge in [-0.25, -0.2) is 10.8 Å². The van der Waals surface area contributed by atoms with Crippen molar-refractivity contribution in [3.05, 3.63) is 35.9 Å². The Labute approximate surface area is 124 Å². The van der Waals surface area contributed by atoms with Gasteiger partial charge in [-0.2, -0.15) is 0 Å². The molecule has 1 aliphatic carbocycles. The normalized spacial score (nSPS) is 14.2. The van der Waals surface area contributed by atoms with Crippen LogP contribution in [0, 0.1) is 0 Å². The minimum absolute atomic E-state index is 0.0782. The lowest BCUT2D eigenvalue weighted by Crippen LogP contribution is -2.34. The van der Waals surface area contributed by atoms with Gasteiger partial charge < -0.3 is 10.3 Å². The van der Waals surface area contributed by atoms with Gasteiger partial charge in [-0.1, -0.05) is 25.1 Å². The fraction of sp³-hybridized carbons (Fsp3) is 0.375. The molecule has 5 heteroatoms. The van der Waals surface area contributed by atoms with Crippen LogP contribution in [-0.2, 0) is 0 Å². The van der Waals surface area contributed by atoms with Crippen LogP contribution in [0.4, 0.5) is 5.82 Å². The largest absolute Gasteiger partial charge is 0.336 e. The maximum Gasteiger partial charge on any atom is 0.254 e. The summed E-state index contributed by atoms with van der Waals surface area (Å²) in [5, 5.41) is 0.878. The number of carbonyl (C=O) groups excluding carboxylic acids is 1. The topological polar surface area (TPSA) is 71.2 Å². The van der Waals surface area contributed by atoms with Crippen molar-refractivity contribution in [1.29, 1.82) is 0 Å². The molecule has 1 fully saturated rings. The minimum atomic E-state index is 0.0782. The van der Waals surface area contributed by atoms with Gasteiger partial charge >= 0.3 is 0 Å². The number of hydrazine groups is 1. The van der Waals surface area contributed by atoms with Crippen molar-refractivity contribution in [1.82, 2.24) is 9.88 Å². The first-order valence-electron chi connectivity index (χ1n) is 7.42. The number of aromatic nitrogens is 1. The second kappa shape index (κ2) is 5.69. The number of anilines is 1. The van der Waals surface area contributed by atoms with E-state index in [2.05, 4.69) is 17.3 Å². The molecule has 0 unspecified atom stereocenters. The average molecular weight is 284 g/mol. The Balaban J connectivity index is 2.07. The fourth-order valence-corrected chi connectivity index (χ4v) is 2.66. The number of nitrogens with zero attached hydrogens (tertiary/aromatic N) is 2. The third kappa shape index (κ3) is 2.69. The smallest absolute Gasteiger partial charge is 0.254 e. The summed E-state index contributed by atoms with van der Waals surface area (Å²) in [6.45, 7) is 2.89. The molecule has 0 aliphatic heterocycles. The molecule has 3 rings (SSSR count). The number of pyridine rings is 1. The lowest BCUT2D eigenvalue weighted by Gasteiger charge is -2.22. The van der Waals surface area contributed by atoms with Crippen LogP contribution in [0.15, 0.2) is 30.3 Å². The Morgan fingerprint density at radius 2 is 2.19 bits per heavy atom. The predicted molar refractivity (Wildman–Crippen MR) is 83.9 cm³/mol. The van der Waals surface area contributed by atoms with Crippen LogP contribution in [0.5, 0.6) is 0 Å². The van der Waals surface area contributed by atoms with Crippen molar-refractivity contribution >= 4 is 22.6 Å². The Kier molecular flexibility index (Phi) is 3.75. The maximum atomic E-state index is 12.9. The summed E-state index contributed by atoms with van der Waals surface area (Å²) >= 11 is 0. The number of rotatable bonds is 5. The molecule has 3 N–H and O–H groups in total. The number of nitrogens with one attached hydrogen (secondary N) is 1. The van der Waals surface area contributed by atoms with Crippen molar-refractivity contribution < 1.29 is 4.79 Å². The summed E-state index contributed by atoms with van der Waals surface area (Å²) in [4.78, 5) is 19.3. The summed E-state index contributed by atoms with van der Waals surface area (Å²) in [6, 6.07) is 9.82. The number of hydrogen-bond acceptors (Lipinski definition) is 4. The molecule has 0 spiro atoms. The van der Waals surface area contributed by atoms with Crippen LogP contribution < -0.4 is 11.3 Å². The summed E-state index contributed by atoms with van der Waals surface area (Å²) in [5.74, 6) is 6.08. The predicted octanol–water partition coefficient (Wildman–Crippen LogP) is 2.54. The zero-order valence-corrected chi connectivity index (χ0v) is 12.2. The second-order valence-corrected chi connectivity index (χ2v) is 5.45. The van der Waals surface area contributed by atoms with Crippen LogP contribution in [0.25, 0.3) is 10.9 Å². The molecule has 5 nitrogen and oxygen atoms in total. The van der Waals surface area contributed by atoms with Gasteiger partial charge in [0.2, 0.25) is 0 Å². The van der Waals surface area contributed by atoms with Crippen LogP contribution >= 0.6 is 0 Å². The molecule has 0 radical (unpaired) electrons. The number of para-hydroxylation sites is 1. The summed E-state index contributed by atoms with van der Waals surface area (Å²) in [5.41, 5.74) is 4.00. The van der Waals surface area contributed by atoms with E-state index in [1.807, 2.05) is 29.2 Å². The number of nitrogen functional groups attached to an aromatic ring is 1. The molecule has 1 heterocycles.